The summed E-state index contributed by atoms with van der Waals surface area (Å²) in [7, 11) is 4.02. The predicted octanol–water partition coefficient (Wildman–Crippen LogP) is 6.71. The predicted molar refractivity (Wildman–Crippen MR) is 196 cm³/mol. The average molecular weight is 801 g/mol. The number of carbonyl (C=O) groups is 2. The van der Waals surface area contributed by atoms with Gasteiger partial charge in [0.15, 0.2) is 0 Å². The number of para-hydroxylation sites is 1. The number of fused-ring (bicyclic) bond motifs is 2. The van der Waals surface area contributed by atoms with Gasteiger partial charge in [0.2, 0.25) is 0 Å². The van der Waals surface area contributed by atoms with Gasteiger partial charge in [-0.1, -0.05) is 18.2 Å². The minimum Gasteiger partial charge on any atom is -0.397 e. The highest BCUT2D eigenvalue weighted by molar-refractivity contribution is 9.11. The number of hydrogen-bond acceptors (Lipinski definition) is 7. The SMILES string of the molecule is CN(C)CCCn1c([C@@H](Cc2cc(Br)c(N)c(Br)c2)NC(=O)ON2CCC(N3CCc4ccccc4NC3=O)CC2)nc2ccc(F)cc21. The number of hydrogen-bond donors (Lipinski definition) is 3. The maximum atomic E-state index is 14.5. The molecule has 11 nitrogen and oxygen atoms in total. The molecule has 4 N–H and O–H groups in total. The van der Waals surface area contributed by atoms with E-state index in [2.05, 4.69) is 47.4 Å². The summed E-state index contributed by atoms with van der Waals surface area (Å²) in [6, 6.07) is 15.6. The van der Waals surface area contributed by atoms with Crippen molar-refractivity contribution in [3.05, 3.63) is 86.3 Å². The van der Waals surface area contributed by atoms with Gasteiger partial charge in [-0.3, -0.25) is 0 Å². The van der Waals surface area contributed by atoms with Gasteiger partial charge in [0.1, 0.15) is 11.6 Å². The van der Waals surface area contributed by atoms with E-state index in [0.29, 0.717) is 68.0 Å². The number of aromatic nitrogens is 2. The summed E-state index contributed by atoms with van der Waals surface area (Å²) in [5.41, 5.74) is 10.9. The quantitative estimate of drug-likeness (QED) is 0.153. The number of nitrogens with zero attached hydrogens (tertiary/aromatic N) is 5. The molecule has 0 saturated carbocycles. The van der Waals surface area contributed by atoms with E-state index in [-0.39, 0.29) is 17.9 Å². The van der Waals surface area contributed by atoms with Gasteiger partial charge in [-0.25, -0.2) is 19.0 Å². The number of imidazole rings is 1. The molecule has 1 fully saturated rings. The largest absolute Gasteiger partial charge is 0.426 e. The first-order chi connectivity index (χ1) is 23.5. The minimum atomic E-state index is -0.613. The van der Waals surface area contributed by atoms with Crippen LogP contribution in [0.1, 0.15) is 42.3 Å². The van der Waals surface area contributed by atoms with Crippen molar-refractivity contribution in [2.75, 3.05) is 51.3 Å². The number of benzene rings is 3. The average Bonchev–Trinajstić information content (AvgIpc) is 3.32. The van der Waals surface area contributed by atoms with Crippen molar-refractivity contribution in [3.8, 4) is 0 Å². The Morgan fingerprint density at radius 2 is 1.86 bits per heavy atom. The first-order valence-corrected chi connectivity index (χ1v) is 18.1. The maximum Gasteiger partial charge on any atom is 0.426 e. The van der Waals surface area contributed by atoms with E-state index in [9.17, 15) is 14.0 Å². The maximum absolute atomic E-state index is 14.5. The summed E-state index contributed by atoms with van der Waals surface area (Å²) in [5.74, 6) is 0.251. The lowest BCUT2D eigenvalue weighted by molar-refractivity contribution is -0.120. The smallest absolute Gasteiger partial charge is 0.397 e. The molecule has 0 spiro atoms. The fraction of sp³-hybridized carbons (Fsp3) is 0.400. The number of piperidine rings is 1. The van der Waals surface area contributed by atoms with Crippen LogP contribution in [0.3, 0.4) is 0 Å². The molecule has 49 heavy (non-hydrogen) atoms. The minimum absolute atomic E-state index is 0.0369. The van der Waals surface area contributed by atoms with E-state index >= 15 is 0 Å². The van der Waals surface area contributed by atoms with Crippen molar-refractivity contribution >= 4 is 66.4 Å². The summed E-state index contributed by atoms with van der Waals surface area (Å²) in [4.78, 5) is 41.4. The van der Waals surface area contributed by atoms with Gasteiger partial charge in [-0.05, 0) is 126 Å². The molecule has 1 aromatic heterocycles. The van der Waals surface area contributed by atoms with Crippen LogP contribution in [0.25, 0.3) is 11.0 Å². The van der Waals surface area contributed by atoms with Crippen molar-refractivity contribution in [1.82, 2.24) is 29.7 Å². The molecular weight excluding hydrogens is 759 g/mol. The number of amides is 3. The molecule has 3 amide bonds. The Hall–Kier alpha value is -3.72. The highest BCUT2D eigenvalue weighted by atomic mass is 79.9. The number of aryl methyl sites for hydroxylation is 1. The van der Waals surface area contributed by atoms with Crippen LogP contribution in [-0.2, 0) is 24.2 Å². The van der Waals surface area contributed by atoms with E-state index < -0.39 is 12.1 Å². The number of nitrogens with two attached hydrogens (primary N) is 1. The van der Waals surface area contributed by atoms with Crippen LogP contribution in [0.5, 0.6) is 0 Å². The second kappa shape index (κ2) is 15.4. The summed E-state index contributed by atoms with van der Waals surface area (Å²) < 4.78 is 17.9. The Kier molecular flexibility index (Phi) is 11.1. The Morgan fingerprint density at radius 3 is 2.59 bits per heavy atom. The van der Waals surface area contributed by atoms with E-state index in [4.69, 9.17) is 15.6 Å². The number of halogens is 3. The molecule has 14 heteroatoms. The molecule has 3 aromatic carbocycles. The van der Waals surface area contributed by atoms with Crippen LogP contribution in [0.15, 0.2) is 63.5 Å². The number of urea groups is 1. The Morgan fingerprint density at radius 1 is 1.12 bits per heavy atom. The van der Waals surface area contributed by atoms with Gasteiger partial charge in [0.05, 0.1) is 22.8 Å². The van der Waals surface area contributed by atoms with Gasteiger partial charge >= 0.3 is 12.1 Å². The third-order valence-corrected chi connectivity index (χ3v) is 10.4. The molecular formula is C35H41Br2FN8O3. The Balaban J connectivity index is 1.18. The standard InChI is InChI=1S/C35H41Br2FN8O3/c1-43(2)13-5-14-46-31-21-24(38)8-9-29(31)40-33(46)30(20-22-18-26(36)32(39)27(37)19-22)42-35(48)49-44-15-11-25(12-16-44)45-17-10-23-6-3-4-7-28(23)41-34(45)47/h3-4,6-9,18-19,21,25,30H,5,10-17,20,39H2,1-2H3,(H,41,47)(H,42,48)/t30-/m1/s1. The first kappa shape index (κ1) is 35.1. The van der Waals surface area contributed by atoms with Crippen molar-refractivity contribution in [3.63, 3.8) is 0 Å². The van der Waals surface area contributed by atoms with Crippen LogP contribution in [0.4, 0.5) is 25.4 Å². The van der Waals surface area contributed by atoms with Gasteiger partial charge in [0.25, 0.3) is 0 Å². The molecule has 3 heterocycles. The van der Waals surface area contributed by atoms with Crippen molar-refractivity contribution < 1.29 is 18.8 Å². The Labute approximate surface area is 302 Å². The Bertz CT molecular complexity index is 1800. The normalized spacial score (nSPS) is 16.4. The van der Waals surface area contributed by atoms with Crippen LogP contribution < -0.4 is 16.4 Å². The lowest BCUT2D eigenvalue weighted by Crippen LogP contribution is -2.49. The van der Waals surface area contributed by atoms with Crippen molar-refractivity contribution in [2.24, 2.45) is 0 Å². The van der Waals surface area contributed by atoms with E-state index in [0.717, 1.165) is 45.1 Å². The van der Waals surface area contributed by atoms with Crippen LogP contribution >= 0.6 is 31.9 Å². The fourth-order valence-electron chi connectivity index (χ4n) is 6.63. The molecule has 0 unspecified atom stereocenters. The number of nitrogen functional groups attached to an aromatic ring is 1. The third-order valence-electron chi connectivity index (χ3n) is 9.13. The molecule has 0 aliphatic carbocycles. The molecule has 1 saturated heterocycles. The zero-order valence-electron chi connectivity index (χ0n) is 27.6. The molecule has 260 valence electrons. The molecule has 0 bridgehead atoms. The molecule has 4 aromatic rings. The summed E-state index contributed by atoms with van der Waals surface area (Å²) in [6.45, 7) is 3.01. The zero-order chi connectivity index (χ0) is 34.7. The lowest BCUT2D eigenvalue weighted by atomic mass is 10.0. The van der Waals surface area contributed by atoms with Gasteiger partial charge in [-0.2, -0.15) is 0 Å². The van der Waals surface area contributed by atoms with Crippen LogP contribution in [0.2, 0.25) is 0 Å². The third kappa shape index (κ3) is 8.36. The van der Waals surface area contributed by atoms with Gasteiger partial charge in [0, 0.05) is 53.3 Å². The number of anilines is 2. The first-order valence-electron chi connectivity index (χ1n) is 16.5. The molecule has 2 aliphatic heterocycles. The van der Waals surface area contributed by atoms with E-state index in [1.807, 2.05) is 60.0 Å². The highest BCUT2D eigenvalue weighted by Crippen LogP contribution is 2.33. The van der Waals surface area contributed by atoms with Gasteiger partial charge in [-0.15, -0.1) is 5.06 Å². The van der Waals surface area contributed by atoms with Crippen molar-refractivity contribution in [2.45, 2.75) is 50.7 Å². The van der Waals surface area contributed by atoms with Crippen LogP contribution in [-0.4, -0.2) is 82.9 Å². The summed E-state index contributed by atoms with van der Waals surface area (Å²) in [5, 5.41) is 7.77. The van der Waals surface area contributed by atoms with E-state index in [1.165, 1.54) is 12.1 Å². The molecule has 0 radical (unpaired) electrons. The fourth-order valence-corrected chi connectivity index (χ4v) is 7.91. The van der Waals surface area contributed by atoms with Gasteiger partial charge < -0.3 is 35.6 Å². The molecule has 2 aliphatic rings. The topological polar surface area (TPSA) is 121 Å². The zero-order valence-corrected chi connectivity index (χ0v) is 30.8. The van der Waals surface area contributed by atoms with E-state index in [1.54, 1.807) is 11.1 Å². The molecule has 6 rings (SSSR count). The summed E-state index contributed by atoms with van der Waals surface area (Å²) in [6.07, 6.45) is 2.68. The monoisotopic (exact) mass is 798 g/mol. The van der Waals surface area contributed by atoms with Crippen molar-refractivity contribution in [1.29, 1.82) is 0 Å². The number of carbonyl (C=O) groups excluding carboxylic acids is 2. The molecule has 1 atom stereocenters. The highest BCUT2D eigenvalue weighted by Gasteiger charge is 2.32. The number of hydroxylamine groups is 2. The second-order valence-electron chi connectivity index (χ2n) is 12.9. The number of rotatable bonds is 10. The van der Waals surface area contributed by atoms with Crippen LogP contribution in [0, 0.1) is 5.82 Å². The number of nitrogens with one attached hydrogen (secondary N) is 2. The second-order valence-corrected chi connectivity index (χ2v) is 14.6. The lowest BCUT2D eigenvalue weighted by Gasteiger charge is -2.37. The summed E-state index contributed by atoms with van der Waals surface area (Å²) >= 11 is 7.08.